The molecule has 0 saturated carbocycles. The van der Waals surface area contributed by atoms with Gasteiger partial charge >= 0.3 is 0 Å². The fraction of sp³-hybridized carbons (Fsp3) is 0.0769. The standard InChI is InChI=1S/C13H9ClFN3/c14-10-4-11(15)6-12(5-10)18-8-9-2-1-3-17-13(9)7-16/h1-6,18H,8H2. The van der Waals surface area contributed by atoms with Crippen LogP contribution in [0.1, 0.15) is 11.3 Å². The number of nitrogens with zero attached hydrogens (tertiary/aromatic N) is 2. The number of rotatable bonds is 3. The molecule has 0 aliphatic rings. The van der Waals surface area contributed by atoms with Crippen molar-refractivity contribution >= 4 is 17.3 Å². The third-order valence-corrected chi connectivity index (χ3v) is 2.56. The number of benzene rings is 1. The maximum atomic E-state index is 13.1. The fourth-order valence-corrected chi connectivity index (χ4v) is 1.76. The highest BCUT2D eigenvalue weighted by Crippen LogP contribution is 2.19. The predicted octanol–water partition coefficient (Wildman–Crippen LogP) is 3.36. The van der Waals surface area contributed by atoms with E-state index in [1.807, 2.05) is 6.07 Å². The third-order valence-electron chi connectivity index (χ3n) is 2.34. The van der Waals surface area contributed by atoms with Gasteiger partial charge in [-0.3, -0.25) is 0 Å². The molecular formula is C13H9ClFN3. The molecule has 1 aromatic carbocycles. The Morgan fingerprint density at radius 2 is 2.22 bits per heavy atom. The van der Waals surface area contributed by atoms with Gasteiger partial charge in [0.2, 0.25) is 0 Å². The Hall–Kier alpha value is -2.12. The maximum absolute atomic E-state index is 13.1. The highest BCUT2D eigenvalue weighted by atomic mass is 35.5. The number of hydrogen-bond donors (Lipinski definition) is 1. The first-order chi connectivity index (χ1) is 8.69. The molecule has 1 aromatic heterocycles. The molecule has 5 heteroatoms. The smallest absolute Gasteiger partial charge is 0.145 e. The molecule has 0 spiro atoms. The summed E-state index contributed by atoms with van der Waals surface area (Å²) in [5.74, 6) is -0.406. The molecule has 1 N–H and O–H groups in total. The van der Waals surface area contributed by atoms with Crippen LogP contribution in [-0.4, -0.2) is 4.98 Å². The molecule has 0 aliphatic carbocycles. The summed E-state index contributed by atoms with van der Waals surface area (Å²) in [7, 11) is 0. The molecule has 90 valence electrons. The van der Waals surface area contributed by atoms with Gasteiger partial charge in [0, 0.05) is 29.0 Å². The van der Waals surface area contributed by atoms with Crippen LogP contribution in [0.5, 0.6) is 0 Å². The lowest BCUT2D eigenvalue weighted by molar-refractivity contribution is 0.628. The van der Waals surface area contributed by atoms with Crippen LogP contribution in [0.4, 0.5) is 10.1 Å². The monoisotopic (exact) mass is 261 g/mol. The SMILES string of the molecule is N#Cc1ncccc1CNc1cc(F)cc(Cl)c1. The van der Waals surface area contributed by atoms with Crippen LogP contribution in [0.3, 0.4) is 0 Å². The summed E-state index contributed by atoms with van der Waals surface area (Å²) in [4.78, 5) is 3.94. The minimum absolute atomic E-state index is 0.323. The number of anilines is 1. The van der Waals surface area contributed by atoms with E-state index in [2.05, 4.69) is 10.3 Å². The number of aromatic nitrogens is 1. The van der Waals surface area contributed by atoms with Crippen molar-refractivity contribution in [3.63, 3.8) is 0 Å². The summed E-state index contributed by atoms with van der Waals surface area (Å²) in [6.07, 6.45) is 1.56. The van der Waals surface area contributed by atoms with Gasteiger partial charge in [-0.25, -0.2) is 9.37 Å². The van der Waals surface area contributed by atoms with Crippen molar-refractivity contribution in [3.8, 4) is 6.07 Å². The Bertz CT molecular complexity index is 587. The molecule has 3 nitrogen and oxygen atoms in total. The molecule has 18 heavy (non-hydrogen) atoms. The van der Waals surface area contributed by atoms with Gasteiger partial charge in [-0.1, -0.05) is 17.7 Å². The Balaban J connectivity index is 2.14. The summed E-state index contributed by atoms with van der Waals surface area (Å²) in [6.45, 7) is 0.385. The van der Waals surface area contributed by atoms with E-state index in [0.717, 1.165) is 5.56 Å². The molecule has 0 radical (unpaired) electrons. The summed E-state index contributed by atoms with van der Waals surface area (Å²) in [5, 5.41) is 12.2. The maximum Gasteiger partial charge on any atom is 0.145 e. The first-order valence-electron chi connectivity index (χ1n) is 5.23. The Morgan fingerprint density at radius 1 is 1.39 bits per heavy atom. The Morgan fingerprint density at radius 3 is 2.94 bits per heavy atom. The molecule has 2 rings (SSSR count). The van der Waals surface area contributed by atoms with E-state index < -0.39 is 5.82 Å². The number of pyridine rings is 1. The molecule has 1 heterocycles. The van der Waals surface area contributed by atoms with Gasteiger partial charge in [-0.05, 0) is 24.3 Å². The van der Waals surface area contributed by atoms with Crippen LogP contribution in [-0.2, 0) is 6.54 Å². The van der Waals surface area contributed by atoms with Crippen molar-refractivity contribution < 1.29 is 4.39 Å². The van der Waals surface area contributed by atoms with E-state index >= 15 is 0 Å². The van der Waals surface area contributed by atoms with Gasteiger partial charge in [-0.2, -0.15) is 5.26 Å². The van der Waals surface area contributed by atoms with E-state index in [0.29, 0.717) is 22.9 Å². The van der Waals surface area contributed by atoms with Crippen LogP contribution in [0.2, 0.25) is 5.02 Å². The molecule has 0 atom stereocenters. The van der Waals surface area contributed by atoms with Gasteiger partial charge in [-0.15, -0.1) is 0 Å². The molecular weight excluding hydrogens is 253 g/mol. The third kappa shape index (κ3) is 2.96. The van der Waals surface area contributed by atoms with Crippen LogP contribution < -0.4 is 5.32 Å². The van der Waals surface area contributed by atoms with Crippen LogP contribution in [0.15, 0.2) is 36.5 Å². The van der Waals surface area contributed by atoms with Crippen LogP contribution in [0.25, 0.3) is 0 Å². The van der Waals surface area contributed by atoms with Crippen molar-refractivity contribution in [3.05, 3.63) is 58.6 Å². The average Bonchev–Trinajstić information content (AvgIpc) is 2.35. The number of nitriles is 1. The lowest BCUT2D eigenvalue weighted by Crippen LogP contribution is -2.03. The molecule has 0 amide bonds. The topological polar surface area (TPSA) is 48.7 Å². The van der Waals surface area contributed by atoms with E-state index in [1.165, 1.54) is 12.1 Å². The van der Waals surface area contributed by atoms with E-state index in [9.17, 15) is 4.39 Å². The minimum Gasteiger partial charge on any atom is -0.381 e. The fourth-order valence-electron chi connectivity index (χ4n) is 1.54. The van der Waals surface area contributed by atoms with Gasteiger partial charge in [0.25, 0.3) is 0 Å². The molecule has 2 aromatic rings. The van der Waals surface area contributed by atoms with Crippen molar-refractivity contribution in [2.24, 2.45) is 0 Å². The second-order valence-electron chi connectivity index (χ2n) is 3.63. The molecule has 0 fully saturated rings. The van der Waals surface area contributed by atoms with Crippen molar-refractivity contribution in [1.82, 2.24) is 4.98 Å². The summed E-state index contributed by atoms with van der Waals surface area (Å²) < 4.78 is 13.1. The Labute approximate surface area is 109 Å². The minimum atomic E-state index is -0.406. The van der Waals surface area contributed by atoms with Crippen molar-refractivity contribution in [2.75, 3.05) is 5.32 Å². The quantitative estimate of drug-likeness (QED) is 0.922. The molecule has 0 saturated heterocycles. The second kappa shape index (κ2) is 5.48. The van der Waals surface area contributed by atoms with E-state index in [4.69, 9.17) is 16.9 Å². The average molecular weight is 262 g/mol. The van der Waals surface area contributed by atoms with Gasteiger partial charge < -0.3 is 5.32 Å². The lowest BCUT2D eigenvalue weighted by atomic mass is 10.2. The number of hydrogen-bond acceptors (Lipinski definition) is 3. The van der Waals surface area contributed by atoms with E-state index in [-0.39, 0.29) is 0 Å². The first-order valence-corrected chi connectivity index (χ1v) is 5.61. The second-order valence-corrected chi connectivity index (χ2v) is 4.07. The zero-order chi connectivity index (χ0) is 13.0. The zero-order valence-electron chi connectivity index (χ0n) is 9.32. The van der Waals surface area contributed by atoms with E-state index in [1.54, 1.807) is 24.4 Å². The highest BCUT2D eigenvalue weighted by Gasteiger charge is 2.03. The van der Waals surface area contributed by atoms with Gasteiger partial charge in [0.1, 0.15) is 17.6 Å². The summed E-state index contributed by atoms with van der Waals surface area (Å²) in [6, 6.07) is 9.73. The number of nitrogens with one attached hydrogen (secondary N) is 1. The zero-order valence-corrected chi connectivity index (χ0v) is 10.1. The largest absolute Gasteiger partial charge is 0.381 e. The molecule has 0 aliphatic heterocycles. The molecule has 0 unspecified atom stereocenters. The highest BCUT2D eigenvalue weighted by molar-refractivity contribution is 6.30. The van der Waals surface area contributed by atoms with Crippen molar-refractivity contribution in [1.29, 1.82) is 5.26 Å². The van der Waals surface area contributed by atoms with Crippen LogP contribution >= 0.6 is 11.6 Å². The summed E-state index contributed by atoms with van der Waals surface area (Å²) >= 11 is 5.75. The Kier molecular flexibility index (Phi) is 3.75. The lowest BCUT2D eigenvalue weighted by Gasteiger charge is -2.07. The van der Waals surface area contributed by atoms with Gasteiger partial charge in [0.05, 0.1) is 0 Å². The van der Waals surface area contributed by atoms with Crippen LogP contribution in [0, 0.1) is 17.1 Å². The van der Waals surface area contributed by atoms with Gasteiger partial charge in [0.15, 0.2) is 0 Å². The van der Waals surface area contributed by atoms with Crippen molar-refractivity contribution in [2.45, 2.75) is 6.54 Å². The summed E-state index contributed by atoms with van der Waals surface area (Å²) in [5.41, 5.74) is 1.67. The normalized spacial score (nSPS) is 9.83. The first kappa shape index (κ1) is 12.3. The predicted molar refractivity (Wildman–Crippen MR) is 67.7 cm³/mol. The molecule has 0 bridgehead atoms. The number of halogens is 2.